The van der Waals surface area contributed by atoms with Crippen molar-refractivity contribution in [3.8, 4) is 0 Å². The Morgan fingerprint density at radius 2 is 1.88 bits per heavy atom. The molecule has 0 fully saturated rings. The second-order valence-corrected chi connectivity index (χ2v) is 4.71. The first kappa shape index (κ1) is 16.7. The topological polar surface area (TPSA) is 146 Å². The lowest BCUT2D eigenvalue weighted by molar-refractivity contribution is -0.385. The molecule has 1 heterocycles. The first-order valence-electron chi connectivity index (χ1n) is 6.57. The number of nitro benzene ring substituents is 1. The van der Waals surface area contributed by atoms with Crippen molar-refractivity contribution in [2.75, 3.05) is 0 Å². The average Bonchev–Trinajstić information content (AvgIpc) is 2.82. The predicted molar refractivity (Wildman–Crippen MR) is 82.8 cm³/mol. The largest absolute Gasteiger partial charge is 0.322 e. The van der Waals surface area contributed by atoms with E-state index in [1.54, 1.807) is 0 Å². The quantitative estimate of drug-likeness (QED) is 0.496. The maximum Gasteiger partial charge on any atom is 0.322 e. The normalized spacial score (nSPS) is 10.8. The number of hydrogen-bond donors (Lipinski definition) is 1. The highest BCUT2D eigenvalue weighted by Crippen LogP contribution is 2.21. The molecule has 1 aromatic heterocycles. The Hall–Kier alpha value is -3.63. The fourth-order valence-electron chi connectivity index (χ4n) is 2.02. The third-order valence-corrected chi connectivity index (χ3v) is 3.07. The molecule has 124 valence electrons. The Bertz CT molecular complexity index is 839. The van der Waals surface area contributed by atoms with E-state index >= 15 is 0 Å². The van der Waals surface area contributed by atoms with Crippen molar-refractivity contribution in [3.05, 3.63) is 61.4 Å². The van der Waals surface area contributed by atoms with E-state index in [1.807, 2.05) is 0 Å². The highest BCUT2D eigenvalue weighted by atomic mass is 16.6. The summed E-state index contributed by atoms with van der Waals surface area (Å²) in [6.07, 6.45) is 1.26. The second kappa shape index (κ2) is 6.64. The van der Waals surface area contributed by atoms with Crippen LogP contribution in [0.5, 0.6) is 0 Å². The number of rotatable bonds is 5. The molecule has 0 aliphatic carbocycles. The number of aromatic nitrogens is 2. The van der Waals surface area contributed by atoms with Gasteiger partial charge in [-0.05, 0) is 24.6 Å². The number of carbonyl (C=O) groups is 1. The van der Waals surface area contributed by atoms with Crippen molar-refractivity contribution in [3.63, 3.8) is 0 Å². The van der Waals surface area contributed by atoms with Crippen LogP contribution < -0.4 is 5.43 Å². The van der Waals surface area contributed by atoms with E-state index in [1.165, 1.54) is 44.5 Å². The van der Waals surface area contributed by atoms with Gasteiger partial charge in [0.25, 0.3) is 11.6 Å². The molecular weight excluding hydrogens is 320 g/mol. The Morgan fingerprint density at radius 1 is 1.25 bits per heavy atom. The molecule has 1 aromatic carbocycles. The minimum absolute atomic E-state index is 0.0721. The van der Waals surface area contributed by atoms with Crippen LogP contribution in [0.25, 0.3) is 0 Å². The maximum absolute atomic E-state index is 12.1. The van der Waals surface area contributed by atoms with Gasteiger partial charge in [0.2, 0.25) is 5.69 Å². The van der Waals surface area contributed by atoms with Crippen molar-refractivity contribution >= 4 is 23.5 Å². The number of amides is 1. The highest BCUT2D eigenvalue weighted by molar-refractivity contribution is 5.97. The van der Waals surface area contributed by atoms with Crippen LogP contribution in [0, 0.1) is 27.2 Å². The van der Waals surface area contributed by atoms with Crippen LogP contribution in [-0.2, 0) is 7.05 Å². The zero-order valence-electron chi connectivity index (χ0n) is 12.7. The Balaban J connectivity index is 2.13. The minimum Gasteiger partial charge on any atom is -0.265 e. The Labute approximate surface area is 134 Å². The summed E-state index contributed by atoms with van der Waals surface area (Å²) in [5.41, 5.74) is 2.11. The molecule has 24 heavy (non-hydrogen) atoms. The summed E-state index contributed by atoms with van der Waals surface area (Å²) in [6, 6.07) is 5.48. The van der Waals surface area contributed by atoms with Gasteiger partial charge in [-0.2, -0.15) is 10.2 Å². The summed E-state index contributed by atoms with van der Waals surface area (Å²) in [4.78, 5) is 32.4. The molecule has 0 saturated carbocycles. The molecule has 11 nitrogen and oxygen atoms in total. The molecule has 2 rings (SSSR count). The van der Waals surface area contributed by atoms with Crippen LogP contribution in [0.3, 0.4) is 0 Å². The fraction of sp³-hybridized carbons (Fsp3) is 0.154. The second-order valence-electron chi connectivity index (χ2n) is 4.71. The summed E-state index contributed by atoms with van der Waals surface area (Å²) < 4.78 is 1.10. The maximum atomic E-state index is 12.1. The lowest BCUT2D eigenvalue weighted by Gasteiger charge is -2.00. The van der Waals surface area contributed by atoms with Crippen LogP contribution >= 0.6 is 0 Å². The van der Waals surface area contributed by atoms with Gasteiger partial charge in [-0.15, -0.1) is 0 Å². The van der Waals surface area contributed by atoms with Gasteiger partial charge in [0, 0.05) is 19.2 Å². The van der Waals surface area contributed by atoms with Gasteiger partial charge < -0.3 is 0 Å². The van der Waals surface area contributed by atoms with Crippen LogP contribution in [0.4, 0.5) is 11.4 Å². The fourth-order valence-corrected chi connectivity index (χ4v) is 2.02. The minimum atomic E-state index is -0.789. The smallest absolute Gasteiger partial charge is 0.265 e. The van der Waals surface area contributed by atoms with Crippen LogP contribution in [0.1, 0.15) is 21.7 Å². The Kier molecular flexibility index (Phi) is 4.63. The summed E-state index contributed by atoms with van der Waals surface area (Å²) in [6.45, 7) is 1.43. The van der Waals surface area contributed by atoms with E-state index in [0.717, 1.165) is 4.68 Å². The van der Waals surface area contributed by atoms with Crippen LogP contribution in [-0.4, -0.2) is 31.7 Å². The lowest BCUT2D eigenvalue weighted by atomic mass is 10.2. The molecule has 0 aliphatic rings. The Morgan fingerprint density at radius 3 is 2.42 bits per heavy atom. The van der Waals surface area contributed by atoms with Gasteiger partial charge in [0.1, 0.15) is 5.69 Å². The number of carbonyl (C=O) groups excluding carboxylic acids is 1. The van der Waals surface area contributed by atoms with Gasteiger partial charge in [-0.25, -0.2) is 5.43 Å². The number of nitrogens with zero attached hydrogens (tertiary/aromatic N) is 5. The summed E-state index contributed by atoms with van der Waals surface area (Å²) in [7, 11) is 1.41. The molecular formula is C13H12N6O5. The van der Waals surface area contributed by atoms with Gasteiger partial charge in [-0.3, -0.25) is 29.7 Å². The predicted octanol–water partition coefficient (Wildman–Crippen LogP) is 1.31. The average molecular weight is 332 g/mol. The van der Waals surface area contributed by atoms with Crippen molar-refractivity contribution < 1.29 is 14.6 Å². The molecule has 0 radical (unpaired) electrons. The number of nitrogens with one attached hydrogen (secondary N) is 1. The molecule has 0 aliphatic heterocycles. The molecule has 0 bridgehead atoms. The molecule has 0 saturated heterocycles. The van der Waals surface area contributed by atoms with Crippen molar-refractivity contribution in [2.45, 2.75) is 6.92 Å². The van der Waals surface area contributed by atoms with E-state index in [0.29, 0.717) is 5.56 Å². The molecule has 0 atom stereocenters. The number of non-ortho nitro benzene ring substituents is 1. The molecule has 0 unspecified atom stereocenters. The molecule has 1 amide bonds. The standard InChI is InChI=1S/C13H12N6O5/c1-8-11(19(23)24)12(17(2)16-8)13(20)15-14-7-9-3-5-10(6-4-9)18(21)22/h3-7H,1-2H3,(H,15,20)/b14-7+. The monoisotopic (exact) mass is 332 g/mol. The first-order valence-corrected chi connectivity index (χ1v) is 6.57. The van der Waals surface area contributed by atoms with E-state index in [-0.39, 0.29) is 22.8 Å². The van der Waals surface area contributed by atoms with Gasteiger partial charge >= 0.3 is 5.69 Å². The zero-order chi connectivity index (χ0) is 17.9. The number of nitro groups is 2. The molecule has 11 heteroatoms. The number of hydrazone groups is 1. The van der Waals surface area contributed by atoms with Gasteiger partial charge in [-0.1, -0.05) is 0 Å². The van der Waals surface area contributed by atoms with E-state index in [9.17, 15) is 25.0 Å². The molecule has 0 spiro atoms. The zero-order valence-corrected chi connectivity index (χ0v) is 12.7. The third-order valence-electron chi connectivity index (χ3n) is 3.07. The van der Waals surface area contributed by atoms with Crippen molar-refractivity contribution in [2.24, 2.45) is 12.1 Å². The van der Waals surface area contributed by atoms with Crippen LogP contribution in [0.15, 0.2) is 29.4 Å². The summed E-state index contributed by atoms with van der Waals surface area (Å²) in [5, 5.41) is 29.1. The summed E-state index contributed by atoms with van der Waals surface area (Å²) in [5.74, 6) is -0.789. The molecule has 2 aromatic rings. The van der Waals surface area contributed by atoms with Crippen molar-refractivity contribution in [1.29, 1.82) is 0 Å². The SMILES string of the molecule is Cc1nn(C)c(C(=O)N/N=C/c2ccc([N+](=O)[O-])cc2)c1[N+](=O)[O-]. The lowest BCUT2D eigenvalue weighted by Crippen LogP contribution is -2.22. The molecule has 1 N–H and O–H groups in total. The first-order chi connectivity index (χ1) is 11.3. The third kappa shape index (κ3) is 3.40. The van der Waals surface area contributed by atoms with E-state index < -0.39 is 15.8 Å². The number of aryl methyl sites for hydroxylation is 2. The van der Waals surface area contributed by atoms with Gasteiger partial charge in [0.15, 0.2) is 0 Å². The number of benzene rings is 1. The van der Waals surface area contributed by atoms with E-state index in [4.69, 9.17) is 0 Å². The number of hydrogen-bond acceptors (Lipinski definition) is 7. The van der Waals surface area contributed by atoms with Crippen molar-refractivity contribution in [1.82, 2.24) is 15.2 Å². The van der Waals surface area contributed by atoms with Gasteiger partial charge in [0.05, 0.1) is 16.1 Å². The highest BCUT2D eigenvalue weighted by Gasteiger charge is 2.29. The summed E-state index contributed by atoms with van der Waals surface area (Å²) >= 11 is 0. The van der Waals surface area contributed by atoms with E-state index in [2.05, 4.69) is 15.6 Å². The van der Waals surface area contributed by atoms with Crippen LogP contribution in [0.2, 0.25) is 0 Å².